The van der Waals surface area contributed by atoms with Gasteiger partial charge in [-0.1, -0.05) is 11.6 Å². The summed E-state index contributed by atoms with van der Waals surface area (Å²) in [4.78, 5) is 0. The second-order valence-electron chi connectivity index (χ2n) is 3.78. The molecule has 0 unspecified atom stereocenters. The van der Waals surface area contributed by atoms with Crippen molar-refractivity contribution in [2.24, 2.45) is 0 Å². The molecule has 1 aromatic carbocycles. The van der Waals surface area contributed by atoms with E-state index in [0.717, 1.165) is 25.9 Å². The van der Waals surface area contributed by atoms with Gasteiger partial charge in [-0.15, -0.1) is 0 Å². The summed E-state index contributed by atoms with van der Waals surface area (Å²) in [6.07, 6.45) is 1.52. The Balaban J connectivity index is 2.36. The number of halogens is 3. The van der Waals surface area contributed by atoms with E-state index < -0.39 is 11.6 Å². The first-order valence-electron chi connectivity index (χ1n) is 5.04. The Morgan fingerprint density at radius 2 is 1.87 bits per heavy atom. The van der Waals surface area contributed by atoms with Crippen molar-refractivity contribution < 1.29 is 8.78 Å². The minimum absolute atomic E-state index is 0.00457. The van der Waals surface area contributed by atoms with Crippen LogP contribution < -0.4 is 5.32 Å². The van der Waals surface area contributed by atoms with Crippen LogP contribution in [0.1, 0.15) is 24.3 Å². The Morgan fingerprint density at radius 1 is 1.20 bits per heavy atom. The van der Waals surface area contributed by atoms with Gasteiger partial charge in [-0.3, -0.25) is 0 Å². The smallest absolute Gasteiger partial charge is 0.148 e. The van der Waals surface area contributed by atoms with Crippen LogP contribution in [0.5, 0.6) is 0 Å². The van der Waals surface area contributed by atoms with Crippen LogP contribution in [0.15, 0.2) is 12.1 Å². The predicted octanol–water partition coefficient (Wildman–Crippen LogP) is 3.09. The lowest BCUT2D eigenvalue weighted by atomic mass is 9.89. The van der Waals surface area contributed by atoms with Gasteiger partial charge in [0.05, 0.1) is 5.02 Å². The third kappa shape index (κ3) is 2.13. The van der Waals surface area contributed by atoms with Crippen LogP contribution in [0.4, 0.5) is 8.78 Å². The molecule has 4 heteroatoms. The Bertz CT molecular complexity index is 362. The summed E-state index contributed by atoms with van der Waals surface area (Å²) in [6.45, 7) is 1.60. The fourth-order valence-corrected chi connectivity index (χ4v) is 2.19. The summed E-state index contributed by atoms with van der Waals surface area (Å²) in [5.41, 5.74) is 0.156. The molecule has 0 aliphatic carbocycles. The third-order valence-electron chi connectivity index (χ3n) is 2.83. The first-order chi connectivity index (χ1) is 7.20. The molecular formula is C11H12ClF2N. The van der Waals surface area contributed by atoms with E-state index in [1.165, 1.54) is 12.1 Å². The van der Waals surface area contributed by atoms with Crippen molar-refractivity contribution in [3.63, 3.8) is 0 Å². The van der Waals surface area contributed by atoms with Gasteiger partial charge in [0.25, 0.3) is 0 Å². The van der Waals surface area contributed by atoms with Crippen LogP contribution in [0, 0.1) is 11.6 Å². The second kappa shape index (κ2) is 4.45. The molecule has 0 atom stereocenters. The first-order valence-corrected chi connectivity index (χ1v) is 5.42. The minimum Gasteiger partial charge on any atom is -0.317 e. The molecule has 0 aromatic heterocycles. The van der Waals surface area contributed by atoms with Crippen molar-refractivity contribution in [1.29, 1.82) is 0 Å². The van der Waals surface area contributed by atoms with Crippen LogP contribution in [-0.2, 0) is 0 Å². The molecule has 1 nitrogen and oxygen atoms in total. The van der Waals surface area contributed by atoms with E-state index in [1.54, 1.807) is 0 Å². The van der Waals surface area contributed by atoms with Gasteiger partial charge in [-0.25, -0.2) is 8.78 Å². The zero-order valence-electron chi connectivity index (χ0n) is 8.19. The average Bonchev–Trinajstić information content (AvgIpc) is 2.26. The van der Waals surface area contributed by atoms with Gasteiger partial charge in [0.2, 0.25) is 0 Å². The zero-order chi connectivity index (χ0) is 10.8. The topological polar surface area (TPSA) is 12.0 Å². The maximum absolute atomic E-state index is 13.7. The van der Waals surface area contributed by atoms with Gasteiger partial charge in [-0.05, 0) is 44.0 Å². The van der Waals surface area contributed by atoms with Gasteiger partial charge >= 0.3 is 0 Å². The summed E-state index contributed by atoms with van der Waals surface area (Å²) in [5, 5.41) is 3.16. The maximum Gasteiger partial charge on any atom is 0.148 e. The average molecular weight is 232 g/mol. The number of hydrogen-bond acceptors (Lipinski definition) is 1. The molecule has 1 saturated heterocycles. The van der Waals surface area contributed by atoms with Crippen molar-refractivity contribution in [3.8, 4) is 0 Å². The molecular weight excluding hydrogens is 220 g/mol. The van der Waals surface area contributed by atoms with Crippen molar-refractivity contribution in [3.05, 3.63) is 34.4 Å². The van der Waals surface area contributed by atoms with E-state index in [2.05, 4.69) is 5.32 Å². The van der Waals surface area contributed by atoms with Gasteiger partial charge < -0.3 is 5.32 Å². The molecule has 1 heterocycles. The quantitative estimate of drug-likeness (QED) is 0.733. The molecule has 1 fully saturated rings. The molecule has 0 bridgehead atoms. The lowest BCUT2D eigenvalue weighted by molar-refractivity contribution is 0.426. The molecule has 2 rings (SSSR count). The fraction of sp³-hybridized carbons (Fsp3) is 0.455. The summed E-state index contributed by atoms with van der Waals surface area (Å²) < 4.78 is 27.2. The minimum atomic E-state index is -0.594. The summed E-state index contributed by atoms with van der Waals surface area (Å²) >= 11 is 5.65. The highest BCUT2D eigenvalue weighted by Gasteiger charge is 2.23. The van der Waals surface area contributed by atoms with Crippen molar-refractivity contribution in [1.82, 2.24) is 5.32 Å². The Hall–Kier alpha value is -0.670. The van der Waals surface area contributed by atoms with E-state index >= 15 is 0 Å². The highest BCUT2D eigenvalue weighted by Crippen LogP contribution is 2.32. The summed E-state index contributed by atoms with van der Waals surface area (Å²) in [6, 6.07) is 2.50. The SMILES string of the molecule is Fc1ccc(Cl)c(F)c1C1CCNCC1. The third-order valence-corrected chi connectivity index (χ3v) is 3.12. The number of rotatable bonds is 1. The van der Waals surface area contributed by atoms with Crippen LogP contribution in [0.3, 0.4) is 0 Å². The largest absolute Gasteiger partial charge is 0.317 e. The molecule has 0 saturated carbocycles. The molecule has 0 amide bonds. The monoisotopic (exact) mass is 231 g/mol. The second-order valence-corrected chi connectivity index (χ2v) is 4.19. The number of benzene rings is 1. The standard InChI is InChI=1S/C11H12ClF2N/c12-8-1-2-9(13)10(11(8)14)7-3-5-15-6-4-7/h1-2,7,15H,3-6H2. The molecule has 0 radical (unpaired) electrons. The van der Waals surface area contributed by atoms with Crippen LogP contribution in [0.25, 0.3) is 0 Å². The maximum atomic E-state index is 13.7. The Labute approximate surface area is 92.4 Å². The van der Waals surface area contributed by atoms with E-state index in [4.69, 9.17) is 11.6 Å². The summed E-state index contributed by atoms with van der Waals surface area (Å²) in [5.74, 6) is -1.13. The predicted molar refractivity (Wildman–Crippen MR) is 56.2 cm³/mol. The molecule has 0 spiro atoms. The highest BCUT2D eigenvalue weighted by molar-refractivity contribution is 6.30. The molecule has 82 valence electrons. The van der Waals surface area contributed by atoms with E-state index in [-0.39, 0.29) is 16.5 Å². The van der Waals surface area contributed by atoms with E-state index in [1.807, 2.05) is 0 Å². The normalized spacial score (nSPS) is 18.1. The molecule has 1 aliphatic heterocycles. The Kier molecular flexibility index (Phi) is 3.22. The zero-order valence-corrected chi connectivity index (χ0v) is 8.95. The van der Waals surface area contributed by atoms with Crippen LogP contribution in [-0.4, -0.2) is 13.1 Å². The van der Waals surface area contributed by atoms with Gasteiger partial charge in [0, 0.05) is 5.56 Å². The van der Waals surface area contributed by atoms with Crippen LogP contribution in [0.2, 0.25) is 5.02 Å². The molecule has 1 aromatic rings. The van der Waals surface area contributed by atoms with Crippen molar-refractivity contribution in [2.45, 2.75) is 18.8 Å². The van der Waals surface area contributed by atoms with E-state index in [0.29, 0.717) is 0 Å². The van der Waals surface area contributed by atoms with Gasteiger partial charge in [0.15, 0.2) is 0 Å². The lowest BCUT2D eigenvalue weighted by Gasteiger charge is -2.23. The van der Waals surface area contributed by atoms with Crippen LogP contribution >= 0.6 is 11.6 Å². The Morgan fingerprint density at radius 3 is 2.53 bits per heavy atom. The summed E-state index contributed by atoms with van der Waals surface area (Å²) in [7, 11) is 0. The fourth-order valence-electron chi connectivity index (χ4n) is 2.03. The van der Waals surface area contributed by atoms with E-state index in [9.17, 15) is 8.78 Å². The highest BCUT2D eigenvalue weighted by atomic mass is 35.5. The van der Waals surface area contributed by atoms with Gasteiger partial charge in [-0.2, -0.15) is 0 Å². The number of piperidine rings is 1. The number of hydrogen-bond donors (Lipinski definition) is 1. The van der Waals surface area contributed by atoms with Gasteiger partial charge in [0.1, 0.15) is 11.6 Å². The lowest BCUT2D eigenvalue weighted by Crippen LogP contribution is -2.27. The van der Waals surface area contributed by atoms with Crippen molar-refractivity contribution in [2.75, 3.05) is 13.1 Å². The molecule has 15 heavy (non-hydrogen) atoms. The number of nitrogens with one attached hydrogen (secondary N) is 1. The first kappa shape index (κ1) is 10.8. The molecule has 1 aliphatic rings. The molecule has 1 N–H and O–H groups in total. The van der Waals surface area contributed by atoms with Crippen molar-refractivity contribution >= 4 is 11.6 Å².